The quantitative estimate of drug-likeness (QED) is 0.896. The summed E-state index contributed by atoms with van der Waals surface area (Å²) in [5.74, 6) is 1.11. The zero-order valence-electron chi connectivity index (χ0n) is 13.0. The second-order valence-electron chi connectivity index (χ2n) is 5.52. The fraction of sp³-hybridized carbons (Fsp3) is 0.667. The smallest absolute Gasteiger partial charge is 0.274 e. The average molecular weight is 292 g/mol. The summed E-state index contributed by atoms with van der Waals surface area (Å²) in [7, 11) is 1.70. The minimum atomic E-state index is -0.0708. The van der Waals surface area contributed by atoms with Crippen LogP contribution in [0.1, 0.15) is 37.2 Å². The van der Waals surface area contributed by atoms with Gasteiger partial charge in [-0.05, 0) is 30.9 Å². The molecule has 1 aromatic rings. The molecule has 1 aromatic heterocycles. The lowest BCUT2D eigenvalue weighted by atomic mass is 9.95. The number of nitrogens with one attached hydrogen (secondary N) is 1. The highest BCUT2D eigenvalue weighted by Gasteiger charge is 2.29. The molecule has 0 radical (unpaired) electrons. The summed E-state index contributed by atoms with van der Waals surface area (Å²) < 4.78 is 5.44. The van der Waals surface area contributed by atoms with Crippen molar-refractivity contribution >= 4 is 11.7 Å². The van der Waals surface area contributed by atoms with E-state index in [1.165, 1.54) is 0 Å². The maximum absolute atomic E-state index is 12.4. The van der Waals surface area contributed by atoms with Crippen LogP contribution in [0.15, 0.2) is 12.1 Å². The first-order valence-corrected chi connectivity index (χ1v) is 7.55. The number of hydrogen-bond donors (Lipinski definition) is 1. The molecule has 6 heteroatoms. The van der Waals surface area contributed by atoms with E-state index in [0.29, 0.717) is 24.0 Å². The van der Waals surface area contributed by atoms with Crippen molar-refractivity contribution in [1.29, 1.82) is 0 Å². The number of rotatable bonds is 5. The molecule has 6 nitrogen and oxygen atoms in total. The van der Waals surface area contributed by atoms with E-state index in [4.69, 9.17) is 4.74 Å². The second-order valence-corrected chi connectivity index (χ2v) is 5.52. The number of aromatic nitrogens is 2. The molecule has 1 amide bonds. The largest absolute Gasteiger partial charge is 0.379 e. The van der Waals surface area contributed by atoms with Crippen LogP contribution in [-0.2, 0) is 4.74 Å². The number of likely N-dealkylation sites (tertiary alicyclic amines) is 1. The van der Waals surface area contributed by atoms with E-state index in [1.807, 2.05) is 0 Å². The van der Waals surface area contributed by atoms with Gasteiger partial charge in [0.25, 0.3) is 5.91 Å². The van der Waals surface area contributed by atoms with Crippen LogP contribution < -0.4 is 5.32 Å². The molecule has 0 spiro atoms. The summed E-state index contributed by atoms with van der Waals surface area (Å²) in [5.41, 5.74) is 0.390. The fourth-order valence-electron chi connectivity index (χ4n) is 2.48. The van der Waals surface area contributed by atoms with Gasteiger partial charge in [0.05, 0.1) is 6.10 Å². The topological polar surface area (TPSA) is 67.4 Å². The van der Waals surface area contributed by atoms with Gasteiger partial charge in [-0.15, -0.1) is 10.2 Å². The normalized spacial score (nSPS) is 22.1. The molecule has 2 unspecified atom stereocenters. The van der Waals surface area contributed by atoms with Crippen molar-refractivity contribution in [2.24, 2.45) is 5.92 Å². The molecule has 0 aliphatic carbocycles. The molecule has 1 saturated heterocycles. The van der Waals surface area contributed by atoms with Gasteiger partial charge in [-0.25, -0.2) is 0 Å². The third-order valence-corrected chi connectivity index (χ3v) is 3.92. The number of carbonyl (C=O) groups is 1. The Kier molecular flexibility index (Phi) is 5.50. The zero-order chi connectivity index (χ0) is 15.2. The molecule has 0 bridgehead atoms. The third kappa shape index (κ3) is 3.91. The van der Waals surface area contributed by atoms with E-state index in [-0.39, 0.29) is 12.0 Å². The minimum absolute atomic E-state index is 0.0708. The zero-order valence-corrected chi connectivity index (χ0v) is 13.0. The van der Waals surface area contributed by atoms with Crippen LogP contribution in [0.2, 0.25) is 0 Å². The SMILES string of the molecule is CCCNc1ccc(C(=O)N2CCC(C)C(OC)C2)nn1. The first-order valence-electron chi connectivity index (χ1n) is 7.55. The lowest BCUT2D eigenvalue weighted by molar-refractivity contribution is -0.00181. The third-order valence-electron chi connectivity index (χ3n) is 3.92. The van der Waals surface area contributed by atoms with Crippen molar-refractivity contribution in [3.8, 4) is 0 Å². The molecule has 2 rings (SSSR count). The molecule has 2 atom stereocenters. The monoisotopic (exact) mass is 292 g/mol. The Morgan fingerprint density at radius 2 is 2.29 bits per heavy atom. The van der Waals surface area contributed by atoms with E-state index in [2.05, 4.69) is 29.4 Å². The van der Waals surface area contributed by atoms with Crippen molar-refractivity contribution in [1.82, 2.24) is 15.1 Å². The van der Waals surface area contributed by atoms with E-state index in [0.717, 1.165) is 25.9 Å². The highest BCUT2D eigenvalue weighted by Crippen LogP contribution is 2.20. The minimum Gasteiger partial charge on any atom is -0.379 e. The molecule has 1 aliphatic rings. The van der Waals surface area contributed by atoms with Crippen LogP contribution >= 0.6 is 0 Å². The Morgan fingerprint density at radius 3 is 2.90 bits per heavy atom. The van der Waals surface area contributed by atoms with Gasteiger partial charge in [0.1, 0.15) is 5.82 Å². The molecular weight excluding hydrogens is 268 g/mol. The maximum atomic E-state index is 12.4. The lowest BCUT2D eigenvalue weighted by Crippen LogP contribution is -2.46. The molecule has 21 heavy (non-hydrogen) atoms. The predicted octanol–water partition coefficient (Wildman–Crippen LogP) is 1.80. The number of nitrogens with zero attached hydrogens (tertiary/aromatic N) is 3. The lowest BCUT2D eigenvalue weighted by Gasteiger charge is -2.35. The number of ether oxygens (including phenoxy) is 1. The molecule has 2 heterocycles. The van der Waals surface area contributed by atoms with Crippen molar-refractivity contribution in [2.45, 2.75) is 32.8 Å². The molecule has 1 aliphatic heterocycles. The van der Waals surface area contributed by atoms with Gasteiger partial charge in [-0.1, -0.05) is 13.8 Å². The predicted molar refractivity (Wildman–Crippen MR) is 81.3 cm³/mol. The Morgan fingerprint density at radius 1 is 1.48 bits per heavy atom. The first kappa shape index (κ1) is 15.7. The number of amides is 1. The summed E-state index contributed by atoms with van der Waals surface area (Å²) in [6, 6.07) is 3.53. The highest BCUT2D eigenvalue weighted by atomic mass is 16.5. The summed E-state index contributed by atoms with van der Waals surface area (Å²) in [5, 5.41) is 11.2. The number of piperidine rings is 1. The average Bonchev–Trinajstić information content (AvgIpc) is 2.53. The Hall–Kier alpha value is -1.69. The van der Waals surface area contributed by atoms with Crippen molar-refractivity contribution in [3.63, 3.8) is 0 Å². The van der Waals surface area contributed by atoms with Crippen LogP contribution in [0.25, 0.3) is 0 Å². The van der Waals surface area contributed by atoms with E-state index < -0.39 is 0 Å². The van der Waals surface area contributed by atoms with E-state index in [9.17, 15) is 4.79 Å². The Labute approximate surface area is 125 Å². The molecule has 116 valence electrons. The summed E-state index contributed by atoms with van der Waals surface area (Å²) >= 11 is 0. The number of anilines is 1. The molecule has 0 saturated carbocycles. The summed E-state index contributed by atoms with van der Waals surface area (Å²) in [6.07, 6.45) is 2.07. The maximum Gasteiger partial charge on any atom is 0.274 e. The standard InChI is InChI=1S/C15H24N4O2/c1-4-8-16-14-6-5-12(17-18-14)15(20)19-9-7-11(2)13(10-19)21-3/h5-6,11,13H,4,7-10H2,1-3H3,(H,16,18). The number of carbonyl (C=O) groups excluding carboxylic acids is 1. The van der Waals surface area contributed by atoms with Crippen LogP contribution in [0.5, 0.6) is 0 Å². The fourth-order valence-corrected chi connectivity index (χ4v) is 2.48. The Bertz CT molecular complexity index is 463. The molecule has 1 fully saturated rings. The van der Waals surface area contributed by atoms with E-state index >= 15 is 0 Å². The summed E-state index contributed by atoms with van der Waals surface area (Å²) in [4.78, 5) is 14.2. The summed E-state index contributed by atoms with van der Waals surface area (Å²) in [6.45, 7) is 6.46. The first-order chi connectivity index (χ1) is 10.2. The van der Waals surface area contributed by atoms with Crippen LogP contribution in [0.3, 0.4) is 0 Å². The van der Waals surface area contributed by atoms with Gasteiger partial charge in [-0.2, -0.15) is 0 Å². The second kappa shape index (κ2) is 7.36. The van der Waals surface area contributed by atoms with Gasteiger partial charge in [0.2, 0.25) is 0 Å². The van der Waals surface area contributed by atoms with Crippen molar-refractivity contribution < 1.29 is 9.53 Å². The van der Waals surface area contributed by atoms with Gasteiger partial charge in [0.15, 0.2) is 5.69 Å². The van der Waals surface area contributed by atoms with Crippen LogP contribution in [0.4, 0.5) is 5.82 Å². The van der Waals surface area contributed by atoms with Gasteiger partial charge in [-0.3, -0.25) is 4.79 Å². The van der Waals surface area contributed by atoms with Gasteiger partial charge >= 0.3 is 0 Å². The molecule has 0 aromatic carbocycles. The highest BCUT2D eigenvalue weighted by molar-refractivity contribution is 5.92. The van der Waals surface area contributed by atoms with Crippen LogP contribution in [0, 0.1) is 5.92 Å². The number of methoxy groups -OCH3 is 1. The van der Waals surface area contributed by atoms with E-state index in [1.54, 1.807) is 24.1 Å². The van der Waals surface area contributed by atoms with Gasteiger partial charge < -0.3 is 15.0 Å². The Balaban J connectivity index is 1.99. The number of hydrogen-bond acceptors (Lipinski definition) is 5. The van der Waals surface area contributed by atoms with Crippen LogP contribution in [-0.4, -0.2) is 53.9 Å². The van der Waals surface area contributed by atoms with Gasteiger partial charge in [0, 0.05) is 26.7 Å². The van der Waals surface area contributed by atoms with Crippen molar-refractivity contribution in [3.05, 3.63) is 17.8 Å². The molecule has 1 N–H and O–H groups in total. The van der Waals surface area contributed by atoms with Crippen molar-refractivity contribution in [2.75, 3.05) is 32.1 Å². The molecular formula is C15H24N4O2.